The summed E-state index contributed by atoms with van der Waals surface area (Å²) >= 11 is 0. The first kappa shape index (κ1) is 13.7. The molecule has 0 saturated heterocycles. The minimum Gasteiger partial charge on any atom is -0.469 e. The highest BCUT2D eigenvalue weighted by molar-refractivity contribution is 5.75. The van der Waals surface area contributed by atoms with E-state index >= 15 is 0 Å². The summed E-state index contributed by atoms with van der Waals surface area (Å²) in [4.78, 5) is 11.5. The molecule has 0 aliphatic heterocycles. The van der Waals surface area contributed by atoms with Crippen molar-refractivity contribution in [1.29, 1.82) is 0 Å². The van der Waals surface area contributed by atoms with E-state index in [1.807, 2.05) is 51.1 Å². The molecule has 1 rings (SSSR count). The Kier molecular flexibility index (Phi) is 4.70. The van der Waals surface area contributed by atoms with E-state index in [1.165, 1.54) is 7.11 Å². The topological polar surface area (TPSA) is 35.5 Å². The predicted octanol–water partition coefficient (Wildman–Crippen LogP) is 2.96. The third-order valence-electron chi connectivity index (χ3n) is 2.70. The Balaban J connectivity index is 2.54. The highest BCUT2D eigenvalue weighted by Gasteiger charge is 2.29. The molecule has 0 heterocycles. The van der Waals surface area contributed by atoms with Crippen LogP contribution in [0.3, 0.4) is 0 Å². The van der Waals surface area contributed by atoms with Gasteiger partial charge in [-0.2, -0.15) is 0 Å². The minimum absolute atomic E-state index is 0.0277. The second-order valence-electron chi connectivity index (χ2n) is 4.74. The summed E-state index contributed by atoms with van der Waals surface area (Å²) in [5.41, 5.74) is 0.491. The van der Waals surface area contributed by atoms with Crippen molar-refractivity contribution in [1.82, 2.24) is 0 Å². The lowest BCUT2D eigenvalue weighted by Crippen LogP contribution is -2.31. The lowest BCUT2D eigenvalue weighted by Gasteiger charge is -2.23. The van der Waals surface area contributed by atoms with E-state index in [0.717, 1.165) is 5.56 Å². The number of carbonyl (C=O) groups is 1. The van der Waals surface area contributed by atoms with Crippen molar-refractivity contribution in [3.8, 4) is 0 Å². The summed E-state index contributed by atoms with van der Waals surface area (Å²) in [7, 11) is 1.39. The van der Waals surface area contributed by atoms with Crippen LogP contribution in [0, 0.1) is 5.41 Å². The molecule has 0 saturated carbocycles. The average molecular weight is 236 g/mol. The van der Waals surface area contributed by atoms with Crippen LogP contribution < -0.4 is 0 Å². The van der Waals surface area contributed by atoms with E-state index < -0.39 is 5.41 Å². The van der Waals surface area contributed by atoms with Crippen LogP contribution in [0.4, 0.5) is 0 Å². The highest BCUT2D eigenvalue weighted by Crippen LogP contribution is 2.23. The molecule has 3 heteroatoms. The zero-order valence-corrected chi connectivity index (χ0v) is 10.9. The first-order valence-corrected chi connectivity index (χ1v) is 5.72. The van der Waals surface area contributed by atoms with Gasteiger partial charge in [-0.05, 0) is 26.3 Å². The van der Waals surface area contributed by atoms with E-state index in [4.69, 9.17) is 9.47 Å². The van der Waals surface area contributed by atoms with Crippen LogP contribution in [-0.4, -0.2) is 19.7 Å². The molecule has 17 heavy (non-hydrogen) atoms. The van der Waals surface area contributed by atoms with Gasteiger partial charge in [0.15, 0.2) is 0 Å². The van der Waals surface area contributed by atoms with Crippen molar-refractivity contribution in [2.45, 2.75) is 26.9 Å². The summed E-state index contributed by atoms with van der Waals surface area (Å²) in [6.07, 6.45) is -0.0277. The molecule has 0 aromatic heterocycles. The van der Waals surface area contributed by atoms with Crippen molar-refractivity contribution < 1.29 is 14.3 Å². The van der Waals surface area contributed by atoms with E-state index in [1.54, 1.807) is 0 Å². The SMILES string of the molecule is COC(=O)C(C)(C)COC(C)c1ccccc1. The van der Waals surface area contributed by atoms with Crippen LogP contribution in [0.5, 0.6) is 0 Å². The quantitative estimate of drug-likeness (QED) is 0.737. The zero-order chi connectivity index (χ0) is 12.9. The largest absolute Gasteiger partial charge is 0.469 e. The Morgan fingerprint density at radius 2 is 1.88 bits per heavy atom. The van der Waals surface area contributed by atoms with Gasteiger partial charge in [-0.25, -0.2) is 0 Å². The van der Waals surface area contributed by atoms with Gasteiger partial charge in [0.25, 0.3) is 0 Å². The van der Waals surface area contributed by atoms with Gasteiger partial charge in [-0.15, -0.1) is 0 Å². The van der Waals surface area contributed by atoms with Gasteiger partial charge in [-0.3, -0.25) is 4.79 Å². The standard InChI is InChI=1S/C14H20O3/c1-11(12-8-6-5-7-9-12)17-10-14(2,3)13(15)16-4/h5-9,11H,10H2,1-4H3. The van der Waals surface area contributed by atoms with Crippen molar-refractivity contribution in [3.63, 3.8) is 0 Å². The average Bonchev–Trinajstić information content (AvgIpc) is 2.36. The van der Waals surface area contributed by atoms with Crippen molar-refractivity contribution in [3.05, 3.63) is 35.9 Å². The molecule has 0 radical (unpaired) electrons. The third-order valence-corrected chi connectivity index (χ3v) is 2.70. The molecule has 94 valence electrons. The molecule has 1 unspecified atom stereocenters. The normalized spacial score (nSPS) is 13.2. The summed E-state index contributed by atoms with van der Waals surface area (Å²) in [6.45, 7) is 5.95. The first-order valence-electron chi connectivity index (χ1n) is 5.72. The number of esters is 1. The van der Waals surface area contributed by atoms with Gasteiger partial charge in [0.05, 0.1) is 25.2 Å². The number of rotatable bonds is 5. The lowest BCUT2D eigenvalue weighted by molar-refractivity contribution is -0.155. The molecule has 1 atom stereocenters. The number of benzene rings is 1. The maximum Gasteiger partial charge on any atom is 0.313 e. The van der Waals surface area contributed by atoms with Gasteiger partial charge >= 0.3 is 5.97 Å². The molecule has 0 N–H and O–H groups in total. The predicted molar refractivity (Wildman–Crippen MR) is 66.6 cm³/mol. The van der Waals surface area contributed by atoms with Crippen LogP contribution in [0.1, 0.15) is 32.4 Å². The van der Waals surface area contributed by atoms with Crippen LogP contribution in [0.15, 0.2) is 30.3 Å². The Labute approximate surface area is 103 Å². The summed E-state index contributed by atoms with van der Waals surface area (Å²) in [6, 6.07) is 9.93. The number of ether oxygens (including phenoxy) is 2. The van der Waals surface area contributed by atoms with Crippen molar-refractivity contribution >= 4 is 5.97 Å². The molecule has 0 fully saturated rings. The van der Waals surface area contributed by atoms with Gasteiger partial charge in [0.2, 0.25) is 0 Å². The molecule has 1 aromatic rings. The second kappa shape index (κ2) is 5.82. The van der Waals surface area contributed by atoms with Crippen molar-refractivity contribution in [2.75, 3.05) is 13.7 Å². The molecule has 0 bridgehead atoms. The second-order valence-corrected chi connectivity index (χ2v) is 4.74. The molecule has 0 aliphatic carbocycles. The Morgan fingerprint density at radius 1 is 1.29 bits per heavy atom. The van der Waals surface area contributed by atoms with Gasteiger partial charge in [0, 0.05) is 0 Å². The lowest BCUT2D eigenvalue weighted by atomic mass is 9.95. The van der Waals surface area contributed by atoms with E-state index in [-0.39, 0.29) is 12.1 Å². The fourth-order valence-corrected chi connectivity index (χ4v) is 1.49. The molecule has 1 aromatic carbocycles. The summed E-state index contributed by atoms with van der Waals surface area (Å²) < 4.78 is 10.4. The van der Waals surface area contributed by atoms with Crippen LogP contribution in [0.25, 0.3) is 0 Å². The van der Waals surface area contributed by atoms with Gasteiger partial charge in [-0.1, -0.05) is 30.3 Å². The maximum absolute atomic E-state index is 11.5. The monoisotopic (exact) mass is 236 g/mol. The zero-order valence-electron chi connectivity index (χ0n) is 10.9. The molecule has 0 aliphatic rings. The molecular formula is C14H20O3. The molecule has 0 amide bonds. The van der Waals surface area contributed by atoms with Crippen LogP contribution in [-0.2, 0) is 14.3 Å². The van der Waals surface area contributed by atoms with Crippen LogP contribution >= 0.6 is 0 Å². The summed E-state index contributed by atoms with van der Waals surface area (Å²) in [5, 5.41) is 0. The Hall–Kier alpha value is -1.35. The number of hydrogen-bond acceptors (Lipinski definition) is 3. The number of methoxy groups -OCH3 is 1. The van der Waals surface area contributed by atoms with Crippen molar-refractivity contribution in [2.24, 2.45) is 5.41 Å². The Morgan fingerprint density at radius 3 is 2.41 bits per heavy atom. The Bertz CT molecular complexity index is 357. The maximum atomic E-state index is 11.5. The first-order chi connectivity index (χ1) is 7.97. The van der Waals surface area contributed by atoms with Crippen LogP contribution in [0.2, 0.25) is 0 Å². The smallest absolute Gasteiger partial charge is 0.313 e. The van der Waals surface area contributed by atoms with E-state index in [0.29, 0.717) is 6.61 Å². The number of carbonyl (C=O) groups excluding carboxylic acids is 1. The molecular weight excluding hydrogens is 216 g/mol. The third kappa shape index (κ3) is 3.86. The number of hydrogen-bond donors (Lipinski definition) is 0. The van der Waals surface area contributed by atoms with E-state index in [2.05, 4.69) is 0 Å². The van der Waals surface area contributed by atoms with Gasteiger partial charge in [0.1, 0.15) is 0 Å². The van der Waals surface area contributed by atoms with Gasteiger partial charge < -0.3 is 9.47 Å². The molecule has 3 nitrogen and oxygen atoms in total. The fourth-order valence-electron chi connectivity index (χ4n) is 1.49. The fraction of sp³-hybridized carbons (Fsp3) is 0.500. The summed E-state index contributed by atoms with van der Waals surface area (Å²) in [5.74, 6) is -0.252. The minimum atomic E-state index is -0.613. The molecule has 0 spiro atoms. The van der Waals surface area contributed by atoms with E-state index in [9.17, 15) is 4.79 Å². The highest BCUT2D eigenvalue weighted by atomic mass is 16.5.